The summed E-state index contributed by atoms with van der Waals surface area (Å²) >= 11 is 7.43. The number of carbonyl (C=O) groups excluding carboxylic acids is 1. The van der Waals surface area contributed by atoms with Crippen molar-refractivity contribution < 1.29 is 9.53 Å². The Bertz CT molecular complexity index is 569. The number of halogens is 1. The van der Waals surface area contributed by atoms with Gasteiger partial charge in [0.05, 0.1) is 0 Å². The van der Waals surface area contributed by atoms with E-state index in [2.05, 4.69) is 5.32 Å². The Morgan fingerprint density at radius 2 is 1.80 bits per heavy atom. The van der Waals surface area contributed by atoms with Crippen LogP contribution in [-0.2, 0) is 4.79 Å². The zero-order valence-electron chi connectivity index (χ0n) is 10.9. The Hall–Kier alpha value is -1.65. The molecule has 2 aromatic carbocycles. The van der Waals surface area contributed by atoms with Crippen LogP contribution in [0.2, 0.25) is 5.02 Å². The summed E-state index contributed by atoms with van der Waals surface area (Å²) in [6.07, 6.45) is 2.01. The molecule has 0 atom stereocenters. The first-order chi connectivity index (χ1) is 9.67. The fourth-order valence-electron chi connectivity index (χ4n) is 1.55. The van der Waals surface area contributed by atoms with E-state index in [1.165, 1.54) is 0 Å². The molecule has 0 aliphatic rings. The van der Waals surface area contributed by atoms with Gasteiger partial charge in [0.25, 0.3) is 5.91 Å². The molecule has 0 saturated heterocycles. The maximum atomic E-state index is 11.7. The van der Waals surface area contributed by atoms with Crippen LogP contribution in [0.25, 0.3) is 0 Å². The number of carbonyl (C=O) groups is 1. The first-order valence-corrected chi connectivity index (χ1v) is 7.60. The summed E-state index contributed by atoms with van der Waals surface area (Å²) in [4.78, 5) is 12.9. The molecular weight excluding hydrogens is 294 g/mol. The SMILES string of the molecule is CSc1ccc(OCC(=O)Nc2ccc(Cl)cc2)cc1. The Labute approximate surface area is 127 Å². The molecule has 0 spiro atoms. The molecule has 0 bridgehead atoms. The second kappa shape index (κ2) is 7.22. The minimum absolute atomic E-state index is 0.0265. The molecule has 0 radical (unpaired) electrons. The highest BCUT2D eigenvalue weighted by Gasteiger charge is 2.03. The topological polar surface area (TPSA) is 38.3 Å². The fourth-order valence-corrected chi connectivity index (χ4v) is 2.09. The maximum absolute atomic E-state index is 11.7. The van der Waals surface area contributed by atoms with Crippen molar-refractivity contribution in [2.45, 2.75) is 4.90 Å². The third-order valence-corrected chi connectivity index (χ3v) is 3.55. The Morgan fingerprint density at radius 3 is 2.40 bits per heavy atom. The van der Waals surface area contributed by atoms with E-state index >= 15 is 0 Å². The van der Waals surface area contributed by atoms with Crippen molar-refractivity contribution in [3.63, 3.8) is 0 Å². The number of rotatable bonds is 5. The van der Waals surface area contributed by atoms with Crippen LogP contribution >= 0.6 is 23.4 Å². The number of thioether (sulfide) groups is 1. The van der Waals surface area contributed by atoms with Gasteiger partial charge in [0.2, 0.25) is 0 Å². The number of amides is 1. The van der Waals surface area contributed by atoms with Gasteiger partial charge in [0, 0.05) is 15.6 Å². The fraction of sp³-hybridized carbons (Fsp3) is 0.133. The Morgan fingerprint density at radius 1 is 1.15 bits per heavy atom. The van der Waals surface area contributed by atoms with E-state index in [9.17, 15) is 4.79 Å². The van der Waals surface area contributed by atoms with Crippen LogP contribution in [0.15, 0.2) is 53.4 Å². The van der Waals surface area contributed by atoms with E-state index in [0.29, 0.717) is 16.5 Å². The van der Waals surface area contributed by atoms with Crippen LogP contribution in [0.1, 0.15) is 0 Å². The molecule has 1 N–H and O–H groups in total. The molecule has 2 aromatic rings. The van der Waals surface area contributed by atoms with Crippen LogP contribution < -0.4 is 10.1 Å². The van der Waals surface area contributed by atoms with Crippen LogP contribution in [0.5, 0.6) is 5.75 Å². The van der Waals surface area contributed by atoms with Crippen molar-refractivity contribution in [3.8, 4) is 5.75 Å². The van der Waals surface area contributed by atoms with Crippen LogP contribution in [-0.4, -0.2) is 18.8 Å². The summed E-state index contributed by atoms with van der Waals surface area (Å²) in [5.74, 6) is 0.468. The number of benzene rings is 2. The average molecular weight is 308 g/mol. The molecule has 0 fully saturated rings. The van der Waals surface area contributed by atoms with E-state index < -0.39 is 0 Å². The van der Waals surface area contributed by atoms with Crippen molar-refractivity contribution in [3.05, 3.63) is 53.6 Å². The Kier molecular flexibility index (Phi) is 5.32. The highest BCUT2D eigenvalue weighted by molar-refractivity contribution is 7.98. The molecule has 0 aliphatic heterocycles. The van der Waals surface area contributed by atoms with Gasteiger partial charge < -0.3 is 10.1 Å². The van der Waals surface area contributed by atoms with Gasteiger partial charge in [0.1, 0.15) is 5.75 Å². The number of anilines is 1. The minimum atomic E-state index is -0.207. The van der Waals surface area contributed by atoms with Crippen molar-refractivity contribution in [2.24, 2.45) is 0 Å². The molecule has 0 aliphatic carbocycles. The second-order valence-corrected chi connectivity index (χ2v) is 5.34. The van der Waals surface area contributed by atoms with Gasteiger partial charge in [-0.25, -0.2) is 0 Å². The lowest BCUT2D eigenvalue weighted by molar-refractivity contribution is -0.118. The normalized spacial score (nSPS) is 10.1. The van der Waals surface area contributed by atoms with E-state index in [-0.39, 0.29) is 12.5 Å². The summed E-state index contributed by atoms with van der Waals surface area (Å²) < 4.78 is 5.42. The monoisotopic (exact) mass is 307 g/mol. The van der Waals surface area contributed by atoms with Crippen molar-refractivity contribution >= 4 is 35.0 Å². The highest BCUT2D eigenvalue weighted by Crippen LogP contribution is 2.19. The zero-order valence-corrected chi connectivity index (χ0v) is 12.5. The third kappa shape index (κ3) is 4.47. The molecule has 0 saturated carbocycles. The zero-order chi connectivity index (χ0) is 14.4. The minimum Gasteiger partial charge on any atom is -0.484 e. The van der Waals surface area contributed by atoms with E-state index in [0.717, 1.165) is 4.90 Å². The molecule has 0 unspecified atom stereocenters. The molecule has 5 heteroatoms. The van der Waals surface area contributed by atoms with Gasteiger partial charge in [-0.3, -0.25) is 4.79 Å². The molecule has 0 heterocycles. The van der Waals surface area contributed by atoms with Crippen LogP contribution in [0, 0.1) is 0 Å². The molecule has 20 heavy (non-hydrogen) atoms. The number of ether oxygens (including phenoxy) is 1. The van der Waals surface area contributed by atoms with Gasteiger partial charge in [0.15, 0.2) is 6.61 Å². The first-order valence-electron chi connectivity index (χ1n) is 5.99. The van der Waals surface area contributed by atoms with Crippen LogP contribution in [0.4, 0.5) is 5.69 Å². The summed E-state index contributed by atoms with van der Waals surface area (Å²) in [5.41, 5.74) is 0.695. The molecule has 1 amide bonds. The standard InChI is InChI=1S/C15H14ClNO2S/c1-20-14-8-6-13(7-9-14)19-10-15(18)17-12-4-2-11(16)3-5-12/h2-9H,10H2,1H3,(H,17,18). The third-order valence-electron chi connectivity index (χ3n) is 2.56. The lowest BCUT2D eigenvalue weighted by atomic mass is 10.3. The van der Waals surface area contributed by atoms with Gasteiger partial charge in [-0.2, -0.15) is 0 Å². The van der Waals surface area contributed by atoms with Crippen molar-refractivity contribution in [2.75, 3.05) is 18.2 Å². The Balaban J connectivity index is 1.83. The smallest absolute Gasteiger partial charge is 0.262 e. The molecule has 104 valence electrons. The number of nitrogens with one attached hydrogen (secondary N) is 1. The first kappa shape index (κ1) is 14.8. The molecule has 2 rings (SSSR count). The van der Waals surface area contributed by atoms with Crippen molar-refractivity contribution in [1.82, 2.24) is 0 Å². The lowest BCUT2D eigenvalue weighted by Crippen LogP contribution is -2.20. The highest BCUT2D eigenvalue weighted by atomic mass is 35.5. The number of hydrogen-bond donors (Lipinski definition) is 1. The molecule has 0 aromatic heterocycles. The average Bonchev–Trinajstić information content (AvgIpc) is 2.48. The van der Waals surface area contributed by atoms with Crippen molar-refractivity contribution in [1.29, 1.82) is 0 Å². The number of hydrogen-bond acceptors (Lipinski definition) is 3. The molecular formula is C15H14ClNO2S. The summed E-state index contributed by atoms with van der Waals surface area (Å²) in [6, 6.07) is 14.5. The van der Waals surface area contributed by atoms with Gasteiger partial charge in [-0.15, -0.1) is 11.8 Å². The quantitative estimate of drug-likeness (QED) is 0.846. The van der Waals surface area contributed by atoms with E-state index in [1.54, 1.807) is 36.0 Å². The predicted octanol–water partition coefficient (Wildman–Crippen LogP) is 4.08. The lowest BCUT2D eigenvalue weighted by Gasteiger charge is -2.08. The predicted molar refractivity (Wildman–Crippen MR) is 83.8 cm³/mol. The van der Waals surface area contributed by atoms with Gasteiger partial charge in [-0.05, 0) is 54.8 Å². The summed E-state index contributed by atoms with van der Waals surface area (Å²) in [5, 5.41) is 3.37. The van der Waals surface area contributed by atoms with E-state index in [4.69, 9.17) is 16.3 Å². The summed E-state index contributed by atoms with van der Waals surface area (Å²) in [6.45, 7) is -0.0265. The maximum Gasteiger partial charge on any atom is 0.262 e. The second-order valence-electron chi connectivity index (χ2n) is 4.02. The van der Waals surface area contributed by atoms with Gasteiger partial charge >= 0.3 is 0 Å². The van der Waals surface area contributed by atoms with Crippen LogP contribution in [0.3, 0.4) is 0 Å². The van der Waals surface area contributed by atoms with Gasteiger partial charge in [-0.1, -0.05) is 11.6 Å². The molecule has 3 nitrogen and oxygen atoms in total. The largest absolute Gasteiger partial charge is 0.484 e. The summed E-state index contributed by atoms with van der Waals surface area (Å²) in [7, 11) is 0. The van der Waals surface area contributed by atoms with E-state index in [1.807, 2.05) is 30.5 Å².